The number of aromatic amines is 1. The summed E-state index contributed by atoms with van der Waals surface area (Å²) in [7, 11) is 0. The van der Waals surface area contributed by atoms with Gasteiger partial charge in [-0.05, 0) is 50.3 Å². The van der Waals surface area contributed by atoms with Crippen LogP contribution in [0.4, 0.5) is 0 Å². The van der Waals surface area contributed by atoms with Gasteiger partial charge in [-0.25, -0.2) is 4.52 Å². The van der Waals surface area contributed by atoms with Crippen molar-refractivity contribution < 1.29 is 0 Å². The maximum Gasteiger partial charge on any atom is 0.251 e. The SMILES string of the molecule is C#Cc1ccc(-c2cc(=O)[nH]c3c(C4CCCCC4)c(C)nn23)c(C)c1. The van der Waals surface area contributed by atoms with Gasteiger partial charge in [0.25, 0.3) is 5.56 Å². The maximum absolute atomic E-state index is 12.4. The summed E-state index contributed by atoms with van der Waals surface area (Å²) in [6, 6.07) is 7.49. The van der Waals surface area contributed by atoms with Gasteiger partial charge in [0.15, 0.2) is 0 Å². The average Bonchev–Trinajstić information content (AvgIpc) is 2.97. The standard InChI is InChI=1S/C22H23N3O/c1-4-16-10-11-18(14(2)12-16)19-13-20(26)23-22-21(15(3)24-25(19)22)17-8-6-5-7-9-17/h1,10-13,17H,5-9H2,2-3H3,(H,23,26). The summed E-state index contributed by atoms with van der Waals surface area (Å²) in [6.07, 6.45) is 11.6. The molecule has 2 aromatic heterocycles. The van der Waals surface area contributed by atoms with Gasteiger partial charge in [0.2, 0.25) is 0 Å². The Labute approximate surface area is 153 Å². The molecule has 0 saturated heterocycles. The van der Waals surface area contributed by atoms with Crippen LogP contribution in [-0.2, 0) is 0 Å². The number of benzene rings is 1. The molecule has 1 N–H and O–H groups in total. The van der Waals surface area contributed by atoms with Gasteiger partial charge in [0.1, 0.15) is 5.65 Å². The lowest BCUT2D eigenvalue weighted by molar-refractivity contribution is 0.444. The lowest BCUT2D eigenvalue weighted by Gasteiger charge is -2.21. The van der Waals surface area contributed by atoms with Crippen molar-refractivity contribution in [1.82, 2.24) is 14.6 Å². The van der Waals surface area contributed by atoms with Crippen molar-refractivity contribution in [2.45, 2.75) is 51.9 Å². The number of hydrogen-bond acceptors (Lipinski definition) is 2. The summed E-state index contributed by atoms with van der Waals surface area (Å²) < 4.78 is 1.90. The van der Waals surface area contributed by atoms with Gasteiger partial charge >= 0.3 is 0 Å². The topological polar surface area (TPSA) is 50.2 Å². The molecule has 0 radical (unpaired) electrons. The number of hydrogen-bond donors (Lipinski definition) is 1. The molecule has 1 aliphatic carbocycles. The van der Waals surface area contributed by atoms with E-state index in [1.165, 1.54) is 37.7 Å². The van der Waals surface area contributed by atoms with Crippen LogP contribution in [0.5, 0.6) is 0 Å². The third-order valence-electron chi connectivity index (χ3n) is 5.53. The van der Waals surface area contributed by atoms with E-state index < -0.39 is 0 Å². The van der Waals surface area contributed by atoms with Gasteiger partial charge in [-0.15, -0.1) is 6.42 Å². The molecular formula is C22H23N3O. The van der Waals surface area contributed by atoms with Gasteiger partial charge in [-0.2, -0.15) is 5.10 Å². The summed E-state index contributed by atoms with van der Waals surface area (Å²) in [5.41, 5.74) is 6.65. The normalized spacial score (nSPS) is 15.3. The predicted octanol–water partition coefficient (Wildman–Crippen LogP) is 4.34. The van der Waals surface area contributed by atoms with Gasteiger partial charge in [-0.3, -0.25) is 4.79 Å². The number of nitrogens with zero attached hydrogens (tertiary/aromatic N) is 2. The molecule has 0 bridgehead atoms. The summed E-state index contributed by atoms with van der Waals surface area (Å²) >= 11 is 0. The third kappa shape index (κ3) is 2.74. The van der Waals surface area contributed by atoms with E-state index in [1.54, 1.807) is 6.07 Å². The van der Waals surface area contributed by atoms with Gasteiger partial charge in [0.05, 0.1) is 11.4 Å². The van der Waals surface area contributed by atoms with Crippen LogP contribution in [0.2, 0.25) is 0 Å². The highest BCUT2D eigenvalue weighted by molar-refractivity contribution is 5.68. The number of H-pyrrole nitrogens is 1. The highest BCUT2D eigenvalue weighted by atomic mass is 16.1. The van der Waals surface area contributed by atoms with Crippen molar-refractivity contribution in [2.24, 2.45) is 0 Å². The fraction of sp³-hybridized carbons (Fsp3) is 0.364. The molecule has 3 aromatic rings. The van der Waals surface area contributed by atoms with Crippen LogP contribution in [0.3, 0.4) is 0 Å². The van der Waals surface area contributed by atoms with E-state index in [4.69, 9.17) is 11.5 Å². The quantitative estimate of drug-likeness (QED) is 0.703. The maximum atomic E-state index is 12.4. The van der Waals surface area contributed by atoms with E-state index >= 15 is 0 Å². The first kappa shape index (κ1) is 16.7. The first-order chi connectivity index (χ1) is 12.6. The van der Waals surface area contributed by atoms with E-state index in [0.29, 0.717) is 5.92 Å². The Morgan fingerprint density at radius 2 is 1.96 bits per heavy atom. The Bertz CT molecular complexity index is 1080. The van der Waals surface area contributed by atoms with Crippen LogP contribution in [-0.4, -0.2) is 14.6 Å². The molecule has 4 nitrogen and oxygen atoms in total. The fourth-order valence-electron chi connectivity index (χ4n) is 4.28. The molecular weight excluding hydrogens is 322 g/mol. The van der Waals surface area contributed by atoms with Crippen LogP contribution in [0.25, 0.3) is 16.9 Å². The van der Waals surface area contributed by atoms with E-state index in [1.807, 2.05) is 36.6 Å². The Morgan fingerprint density at radius 3 is 2.65 bits per heavy atom. The molecule has 2 heterocycles. The van der Waals surface area contributed by atoms with Gasteiger partial charge in [-0.1, -0.05) is 31.2 Å². The van der Waals surface area contributed by atoms with E-state index in [9.17, 15) is 4.79 Å². The van der Waals surface area contributed by atoms with Gasteiger partial charge < -0.3 is 4.98 Å². The van der Waals surface area contributed by atoms with Crippen molar-refractivity contribution in [3.63, 3.8) is 0 Å². The highest BCUT2D eigenvalue weighted by Gasteiger charge is 2.24. The first-order valence-corrected chi connectivity index (χ1v) is 9.28. The molecule has 0 aliphatic heterocycles. The fourth-order valence-corrected chi connectivity index (χ4v) is 4.28. The summed E-state index contributed by atoms with van der Waals surface area (Å²) in [5.74, 6) is 3.14. The second-order valence-corrected chi connectivity index (χ2v) is 7.29. The Kier molecular flexibility index (Phi) is 4.16. The minimum absolute atomic E-state index is 0.0927. The van der Waals surface area contributed by atoms with Crippen molar-refractivity contribution >= 4 is 5.65 Å². The molecule has 1 fully saturated rings. The minimum atomic E-state index is -0.0927. The highest BCUT2D eigenvalue weighted by Crippen LogP contribution is 2.36. The van der Waals surface area contributed by atoms with Crippen molar-refractivity contribution in [3.05, 3.63) is 57.0 Å². The van der Waals surface area contributed by atoms with Crippen molar-refractivity contribution in [1.29, 1.82) is 0 Å². The predicted molar refractivity (Wildman–Crippen MR) is 104 cm³/mol. The smallest absolute Gasteiger partial charge is 0.251 e. The Morgan fingerprint density at radius 1 is 1.19 bits per heavy atom. The average molecular weight is 345 g/mol. The minimum Gasteiger partial charge on any atom is -0.307 e. The molecule has 4 heteroatoms. The summed E-state index contributed by atoms with van der Waals surface area (Å²) in [6.45, 7) is 4.06. The molecule has 0 spiro atoms. The van der Waals surface area contributed by atoms with E-state index in [-0.39, 0.29) is 5.56 Å². The largest absolute Gasteiger partial charge is 0.307 e. The van der Waals surface area contributed by atoms with Crippen LogP contribution < -0.4 is 5.56 Å². The molecule has 4 rings (SSSR count). The zero-order valence-electron chi connectivity index (χ0n) is 15.3. The number of terminal acetylenes is 1. The Balaban J connectivity index is 1.95. The van der Waals surface area contributed by atoms with Crippen LogP contribution in [0.1, 0.15) is 60.4 Å². The summed E-state index contributed by atoms with van der Waals surface area (Å²) in [5, 5.41) is 4.80. The van der Waals surface area contributed by atoms with E-state index in [0.717, 1.165) is 33.7 Å². The molecule has 1 saturated carbocycles. The monoisotopic (exact) mass is 345 g/mol. The van der Waals surface area contributed by atoms with Gasteiger partial charge in [0, 0.05) is 22.8 Å². The molecule has 0 amide bonds. The first-order valence-electron chi connectivity index (χ1n) is 9.28. The number of rotatable bonds is 2. The number of fused-ring (bicyclic) bond motifs is 1. The molecule has 1 aromatic carbocycles. The molecule has 0 atom stereocenters. The van der Waals surface area contributed by atoms with Crippen LogP contribution in [0.15, 0.2) is 29.1 Å². The van der Waals surface area contributed by atoms with Crippen molar-refractivity contribution in [3.8, 4) is 23.6 Å². The number of nitrogens with one attached hydrogen (secondary N) is 1. The van der Waals surface area contributed by atoms with Crippen LogP contribution in [0, 0.1) is 26.2 Å². The summed E-state index contributed by atoms with van der Waals surface area (Å²) in [4.78, 5) is 15.5. The lowest BCUT2D eigenvalue weighted by atomic mass is 9.84. The number of aryl methyl sites for hydroxylation is 2. The lowest BCUT2D eigenvalue weighted by Crippen LogP contribution is -2.12. The zero-order chi connectivity index (χ0) is 18.3. The third-order valence-corrected chi connectivity index (χ3v) is 5.53. The van der Waals surface area contributed by atoms with Crippen molar-refractivity contribution in [2.75, 3.05) is 0 Å². The van der Waals surface area contributed by atoms with Crippen LogP contribution >= 0.6 is 0 Å². The Hall–Kier alpha value is -2.80. The molecule has 1 aliphatic rings. The molecule has 26 heavy (non-hydrogen) atoms. The second kappa shape index (κ2) is 6.49. The molecule has 132 valence electrons. The van der Waals surface area contributed by atoms with E-state index in [2.05, 4.69) is 10.9 Å². The number of aromatic nitrogens is 3. The molecule has 0 unspecified atom stereocenters. The zero-order valence-corrected chi connectivity index (χ0v) is 15.3. The second-order valence-electron chi connectivity index (χ2n) is 7.29.